The zero-order valence-corrected chi connectivity index (χ0v) is 12.1. The maximum absolute atomic E-state index is 6.11. The minimum absolute atomic E-state index is 0.441. The van der Waals surface area contributed by atoms with Gasteiger partial charge in [0, 0.05) is 29.8 Å². The molecule has 0 N–H and O–H groups in total. The number of benzene rings is 1. The number of aromatic nitrogens is 3. The van der Waals surface area contributed by atoms with Crippen molar-refractivity contribution >= 4 is 22.5 Å². The maximum Gasteiger partial charge on any atom is 0.143 e. The second kappa shape index (κ2) is 5.63. The highest BCUT2D eigenvalue weighted by molar-refractivity contribution is 6.17. The van der Waals surface area contributed by atoms with Crippen LogP contribution in [-0.4, -0.2) is 14.5 Å². The predicted octanol–water partition coefficient (Wildman–Crippen LogP) is 4.11. The number of alkyl halides is 1. The normalized spacial score (nSPS) is 11.1. The summed E-state index contributed by atoms with van der Waals surface area (Å²) in [5, 5.41) is 1.11. The van der Waals surface area contributed by atoms with Gasteiger partial charge in [0.1, 0.15) is 11.6 Å². The number of hydrogen-bond acceptors (Lipinski definition) is 2. The molecule has 102 valence electrons. The molecule has 3 nitrogen and oxygen atoms in total. The zero-order valence-electron chi connectivity index (χ0n) is 11.4. The van der Waals surface area contributed by atoms with Crippen molar-refractivity contribution in [1.29, 1.82) is 0 Å². The Labute approximate surface area is 123 Å². The van der Waals surface area contributed by atoms with Gasteiger partial charge in [0.2, 0.25) is 0 Å². The lowest BCUT2D eigenvalue weighted by atomic mass is 10.1. The molecule has 0 amide bonds. The van der Waals surface area contributed by atoms with Crippen LogP contribution in [0.3, 0.4) is 0 Å². The number of fused-ring (bicyclic) bond motifs is 1. The highest BCUT2D eigenvalue weighted by Crippen LogP contribution is 2.22. The van der Waals surface area contributed by atoms with Gasteiger partial charge >= 0.3 is 0 Å². The molecule has 2 aromatic heterocycles. The molecule has 3 rings (SSSR count). The molecule has 0 spiro atoms. The number of nitrogens with zero attached hydrogens (tertiary/aromatic N) is 3. The minimum Gasteiger partial charge on any atom is -0.288 e. The number of imidazole rings is 1. The lowest BCUT2D eigenvalue weighted by Gasteiger charge is -2.12. The summed E-state index contributed by atoms with van der Waals surface area (Å²) in [5.74, 6) is 2.36. The first kappa shape index (κ1) is 13.1. The molecule has 0 aliphatic carbocycles. The Balaban J connectivity index is 2.20. The lowest BCUT2D eigenvalue weighted by Crippen LogP contribution is -2.06. The van der Waals surface area contributed by atoms with Crippen molar-refractivity contribution in [3.63, 3.8) is 0 Å². The standard InChI is InChI=1S/C16H16ClN3/c1-2-5-15-18-8-9-20(15)16-13(11-17)10-12-6-3-4-7-14(12)19-16/h3-4,6-10H,2,5,11H2,1H3. The van der Waals surface area contributed by atoms with E-state index in [1.54, 1.807) is 0 Å². The molecule has 1 aromatic carbocycles. The van der Waals surface area contributed by atoms with Gasteiger partial charge in [0.05, 0.1) is 11.4 Å². The summed E-state index contributed by atoms with van der Waals surface area (Å²) in [5.41, 5.74) is 2.01. The molecule has 0 saturated heterocycles. The van der Waals surface area contributed by atoms with Gasteiger partial charge in [-0.1, -0.05) is 25.1 Å². The SMILES string of the molecule is CCCc1nccn1-c1nc2ccccc2cc1CCl. The molecule has 0 bridgehead atoms. The van der Waals surface area contributed by atoms with Crippen LogP contribution in [0.15, 0.2) is 42.7 Å². The van der Waals surface area contributed by atoms with Crippen LogP contribution in [0.4, 0.5) is 0 Å². The van der Waals surface area contributed by atoms with E-state index in [9.17, 15) is 0 Å². The van der Waals surface area contributed by atoms with Crippen LogP contribution in [0.1, 0.15) is 24.7 Å². The van der Waals surface area contributed by atoms with E-state index >= 15 is 0 Å². The Morgan fingerprint density at radius 2 is 2.10 bits per heavy atom. The molecule has 0 saturated carbocycles. The predicted molar refractivity (Wildman–Crippen MR) is 82.4 cm³/mol. The van der Waals surface area contributed by atoms with Crippen LogP contribution in [0.2, 0.25) is 0 Å². The molecule has 0 radical (unpaired) electrons. The van der Waals surface area contributed by atoms with Gasteiger partial charge in [0.25, 0.3) is 0 Å². The molecular formula is C16H16ClN3. The molecule has 0 atom stereocenters. The summed E-state index contributed by atoms with van der Waals surface area (Å²) in [6.07, 6.45) is 5.77. The largest absolute Gasteiger partial charge is 0.288 e. The van der Waals surface area contributed by atoms with Crippen LogP contribution in [0.25, 0.3) is 16.7 Å². The van der Waals surface area contributed by atoms with Gasteiger partial charge in [-0.25, -0.2) is 9.97 Å². The Morgan fingerprint density at radius 1 is 1.25 bits per heavy atom. The Bertz CT molecular complexity index is 733. The van der Waals surface area contributed by atoms with Crippen molar-refractivity contribution in [2.45, 2.75) is 25.6 Å². The molecule has 4 heteroatoms. The molecule has 0 fully saturated rings. The van der Waals surface area contributed by atoms with Gasteiger partial charge in [-0.2, -0.15) is 0 Å². The van der Waals surface area contributed by atoms with Crippen molar-refractivity contribution in [1.82, 2.24) is 14.5 Å². The van der Waals surface area contributed by atoms with E-state index in [1.165, 1.54) is 0 Å². The first-order chi connectivity index (χ1) is 9.83. The topological polar surface area (TPSA) is 30.7 Å². The first-order valence-electron chi connectivity index (χ1n) is 6.80. The molecule has 0 aliphatic rings. The van der Waals surface area contributed by atoms with Crippen molar-refractivity contribution in [2.75, 3.05) is 0 Å². The average molecular weight is 286 g/mol. The maximum atomic E-state index is 6.11. The number of halogens is 1. The Kier molecular flexibility index (Phi) is 3.70. The summed E-state index contributed by atoms with van der Waals surface area (Å²) in [6.45, 7) is 2.15. The summed E-state index contributed by atoms with van der Waals surface area (Å²) < 4.78 is 2.05. The number of pyridine rings is 1. The average Bonchev–Trinajstić information content (AvgIpc) is 2.94. The van der Waals surface area contributed by atoms with Crippen LogP contribution in [-0.2, 0) is 12.3 Å². The number of para-hydroxylation sites is 1. The van der Waals surface area contributed by atoms with E-state index in [-0.39, 0.29) is 0 Å². The van der Waals surface area contributed by atoms with Crippen molar-refractivity contribution in [3.05, 3.63) is 54.1 Å². The van der Waals surface area contributed by atoms with E-state index in [0.717, 1.165) is 41.0 Å². The second-order valence-corrected chi connectivity index (χ2v) is 5.03. The molecule has 3 aromatic rings. The van der Waals surface area contributed by atoms with Crippen LogP contribution in [0, 0.1) is 0 Å². The van der Waals surface area contributed by atoms with Gasteiger partial charge < -0.3 is 0 Å². The van der Waals surface area contributed by atoms with E-state index in [0.29, 0.717) is 5.88 Å². The highest BCUT2D eigenvalue weighted by Gasteiger charge is 2.11. The highest BCUT2D eigenvalue weighted by atomic mass is 35.5. The van der Waals surface area contributed by atoms with E-state index < -0.39 is 0 Å². The quantitative estimate of drug-likeness (QED) is 0.675. The van der Waals surface area contributed by atoms with Gasteiger partial charge in [-0.05, 0) is 18.6 Å². The van der Waals surface area contributed by atoms with Gasteiger partial charge in [-0.3, -0.25) is 4.57 Å². The fraction of sp³-hybridized carbons (Fsp3) is 0.250. The van der Waals surface area contributed by atoms with Gasteiger partial charge in [0.15, 0.2) is 0 Å². The zero-order chi connectivity index (χ0) is 13.9. The van der Waals surface area contributed by atoms with E-state index in [2.05, 4.69) is 24.0 Å². The van der Waals surface area contributed by atoms with Crippen molar-refractivity contribution in [2.24, 2.45) is 0 Å². The molecule has 20 heavy (non-hydrogen) atoms. The van der Waals surface area contributed by atoms with Crippen LogP contribution >= 0.6 is 11.6 Å². The third-order valence-corrected chi connectivity index (χ3v) is 3.63. The fourth-order valence-corrected chi connectivity index (χ4v) is 2.59. The smallest absolute Gasteiger partial charge is 0.143 e. The van der Waals surface area contributed by atoms with Gasteiger partial charge in [-0.15, -0.1) is 11.6 Å². The summed E-state index contributed by atoms with van der Waals surface area (Å²) >= 11 is 6.11. The summed E-state index contributed by atoms with van der Waals surface area (Å²) in [6, 6.07) is 10.2. The molecule has 2 heterocycles. The monoisotopic (exact) mass is 285 g/mol. The summed E-state index contributed by atoms with van der Waals surface area (Å²) in [7, 11) is 0. The first-order valence-corrected chi connectivity index (χ1v) is 7.34. The van der Waals surface area contributed by atoms with Crippen molar-refractivity contribution in [3.8, 4) is 5.82 Å². The van der Waals surface area contributed by atoms with Crippen LogP contribution in [0.5, 0.6) is 0 Å². The number of hydrogen-bond donors (Lipinski definition) is 0. The van der Waals surface area contributed by atoms with Crippen LogP contribution < -0.4 is 0 Å². The van der Waals surface area contributed by atoms with E-state index in [4.69, 9.17) is 16.6 Å². The third kappa shape index (κ3) is 2.29. The fourth-order valence-electron chi connectivity index (χ4n) is 2.39. The van der Waals surface area contributed by atoms with Crippen molar-refractivity contribution < 1.29 is 0 Å². The molecule has 0 aliphatic heterocycles. The Hall–Kier alpha value is -1.87. The molecule has 0 unspecified atom stereocenters. The third-order valence-electron chi connectivity index (χ3n) is 3.34. The Morgan fingerprint density at radius 3 is 2.90 bits per heavy atom. The lowest BCUT2D eigenvalue weighted by molar-refractivity contribution is 0.796. The minimum atomic E-state index is 0.441. The second-order valence-electron chi connectivity index (χ2n) is 4.76. The number of rotatable bonds is 4. The number of aryl methyl sites for hydroxylation is 1. The van der Waals surface area contributed by atoms with E-state index in [1.807, 2.05) is 35.2 Å². The summed E-state index contributed by atoms with van der Waals surface area (Å²) in [4.78, 5) is 9.19. The molecular weight excluding hydrogens is 270 g/mol.